The monoisotopic (exact) mass is 345 g/mol. The van der Waals surface area contributed by atoms with E-state index in [1.165, 1.54) is 0 Å². The van der Waals surface area contributed by atoms with E-state index in [9.17, 15) is 0 Å². The van der Waals surface area contributed by atoms with Crippen LogP contribution in [0.5, 0.6) is 17.4 Å². The van der Waals surface area contributed by atoms with Crippen LogP contribution in [0.4, 0.5) is 5.69 Å². The molecule has 1 aromatic heterocycles. The molecular formula is C17H23N5O3. The third kappa shape index (κ3) is 3.78. The normalized spacial score (nSPS) is 14.1. The second-order valence-electron chi connectivity index (χ2n) is 5.74. The standard InChI is InChI=1S/C17H23N5O3/c1-11-13(16(23-3)22(2)21-11)10-19-17(18)20-12-5-6-14-15(9-12)25-8-4-7-24-14/h5-6,9H,4,7-8,10H2,1-3H3,(H3,18,19,20). The molecule has 0 bridgehead atoms. The molecular weight excluding hydrogens is 322 g/mol. The maximum Gasteiger partial charge on any atom is 0.216 e. The number of benzene rings is 1. The maximum atomic E-state index is 6.01. The number of nitrogens with zero attached hydrogens (tertiary/aromatic N) is 3. The molecule has 1 aliphatic rings. The third-order valence-electron chi connectivity index (χ3n) is 3.91. The van der Waals surface area contributed by atoms with Crippen LogP contribution in [0.15, 0.2) is 23.2 Å². The second kappa shape index (κ2) is 7.33. The number of aromatic nitrogens is 2. The first-order chi connectivity index (χ1) is 12.1. The first-order valence-electron chi connectivity index (χ1n) is 8.11. The zero-order valence-corrected chi connectivity index (χ0v) is 14.7. The van der Waals surface area contributed by atoms with Crippen LogP contribution in [0, 0.1) is 6.92 Å². The molecule has 3 N–H and O–H groups in total. The lowest BCUT2D eigenvalue weighted by atomic mass is 10.2. The summed E-state index contributed by atoms with van der Waals surface area (Å²) < 4.78 is 18.3. The van der Waals surface area contributed by atoms with Gasteiger partial charge in [0.05, 0.1) is 38.1 Å². The third-order valence-corrected chi connectivity index (χ3v) is 3.91. The molecule has 1 aromatic carbocycles. The van der Waals surface area contributed by atoms with Gasteiger partial charge in [-0.25, -0.2) is 9.67 Å². The van der Waals surface area contributed by atoms with Gasteiger partial charge in [0.15, 0.2) is 17.5 Å². The number of hydrogen-bond acceptors (Lipinski definition) is 5. The molecule has 0 saturated carbocycles. The Morgan fingerprint density at radius 3 is 2.88 bits per heavy atom. The number of nitrogens with two attached hydrogens (primary N) is 1. The molecule has 134 valence electrons. The summed E-state index contributed by atoms with van der Waals surface area (Å²) in [7, 11) is 3.45. The van der Waals surface area contributed by atoms with Crippen molar-refractivity contribution in [3.8, 4) is 17.4 Å². The van der Waals surface area contributed by atoms with Gasteiger partial charge in [-0.15, -0.1) is 0 Å². The molecule has 0 spiro atoms. The quantitative estimate of drug-likeness (QED) is 0.648. The van der Waals surface area contributed by atoms with E-state index >= 15 is 0 Å². The molecule has 8 nitrogen and oxygen atoms in total. The number of nitrogens with one attached hydrogen (secondary N) is 1. The fraction of sp³-hybridized carbons (Fsp3) is 0.412. The van der Waals surface area contributed by atoms with Crippen LogP contribution in [0.2, 0.25) is 0 Å². The molecule has 0 amide bonds. The zero-order chi connectivity index (χ0) is 17.8. The fourth-order valence-electron chi connectivity index (χ4n) is 2.71. The first kappa shape index (κ1) is 16.9. The number of rotatable bonds is 4. The number of fused-ring (bicyclic) bond motifs is 1. The van der Waals surface area contributed by atoms with Crippen LogP contribution >= 0.6 is 0 Å². The van der Waals surface area contributed by atoms with Crippen LogP contribution in [0.1, 0.15) is 17.7 Å². The number of methoxy groups -OCH3 is 1. The van der Waals surface area contributed by atoms with Gasteiger partial charge in [-0.3, -0.25) is 0 Å². The Bertz CT molecular complexity index is 785. The summed E-state index contributed by atoms with van der Waals surface area (Å²) in [6.07, 6.45) is 0.868. The first-order valence-corrected chi connectivity index (χ1v) is 8.11. The molecule has 0 fully saturated rings. The summed E-state index contributed by atoms with van der Waals surface area (Å²) in [5.41, 5.74) is 8.58. The van der Waals surface area contributed by atoms with Gasteiger partial charge >= 0.3 is 0 Å². The van der Waals surface area contributed by atoms with Crippen molar-refractivity contribution in [1.82, 2.24) is 9.78 Å². The summed E-state index contributed by atoms with van der Waals surface area (Å²) in [4.78, 5) is 4.38. The van der Waals surface area contributed by atoms with Crippen molar-refractivity contribution in [3.05, 3.63) is 29.5 Å². The van der Waals surface area contributed by atoms with E-state index in [0.29, 0.717) is 37.3 Å². The SMILES string of the molecule is COc1c(CN=C(N)Nc2ccc3c(c2)OCCCO3)c(C)nn1C. The second-order valence-corrected chi connectivity index (χ2v) is 5.74. The van der Waals surface area contributed by atoms with Crippen molar-refractivity contribution in [3.63, 3.8) is 0 Å². The molecule has 2 heterocycles. The summed E-state index contributed by atoms with van der Waals surface area (Å²) in [6.45, 7) is 3.60. The lowest BCUT2D eigenvalue weighted by molar-refractivity contribution is 0.297. The molecule has 25 heavy (non-hydrogen) atoms. The van der Waals surface area contributed by atoms with Gasteiger partial charge in [-0.1, -0.05) is 0 Å². The predicted octanol–water partition coefficient (Wildman–Crippen LogP) is 1.83. The Hall–Kier alpha value is -2.90. The minimum absolute atomic E-state index is 0.305. The lowest BCUT2D eigenvalue weighted by Crippen LogP contribution is -2.22. The van der Waals surface area contributed by atoms with Gasteiger partial charge in [-0.05, 0) is 19.1 Å². The minimum Gasteiger partial charge on any atom is -0.490 e. The molecule has 0 aliphatic carbocycles. The van der Waals surface area contributed by atoms with E-state index in [4.69, 9.17) is 19.9 Å². The Balaban J connectivity index is 1.71. The van der Waals surface area contributed by atoms with Gasteiger partial charge in [-0.2, -0.15) is 5.10 Å². The van der Waals surface area contributed by atoms with E-state index in [1.807, 2.05) is 32.2 Å². The molecule has 8 heteroatoms. The van der Waals surface area contributed by atoms with Crippen LogP contribution < -0.4 is 25.3 Å². The fourth-order valence-corrected chi connectivity index (χ4v) is 2.71. The van der Waals surface area contributed by atoms with Crippen LogP contribution in [0.3, 0.4) is 0 Å². The molecule has 0 saturated heterocycles. The topological polar surface area (TPSA) is 95.9 Å². The van der Waals surface area contributed by atoms with Crippen molar-refractivity contribution in [2.45, 2.75) is 19.9 Å². The van der Waals surface area contributed by atoms with Gasteiger partial charge in [0, 0.05) is 25.2 Å². The highest BCUT2D eigenvalue weighted by Crippen LogP contribution is 2.32. The van der Waals surface area contributed by atoms with Gasteiger partial charge in [0.2, 0.25) is 5.88 Å². The highest BCUT2D eigenvalue weighted by molar-refractivity contribution is 5.92. The molecule has 0 radical (unpaired) electrons. The van der Waals surface area contributed by atoms with Crippen molar-refractivity contribution in [2.75, 3.05) is 25.6 Å². The van der Waals surface area contributed by atoms with E-state index in [0.717, 1.165) is 29.1 Å². The number of anilines is 1. The lowest BCUT2D eigenvalue weighted by Gasteiger charge is -2.11. The van der Waals surface area contributed by atoms with Crippen molar-refractivity contribution in [1.29, 1.82) is 0 Å². The number of hydrogen-bond donors (Lipinski definition) is 2. The van der Waals surface area contributed by atoms with Crippen molar-refractivity contribution >= 4 is 11.6 Å². The van der Waals surface area contributed by atoms with E-state index in [1.54, 1.807) is 11.8 Å². The van der Waals surface area contributed by atoms with Crippen LogP contribution in [-0.2, 0) is 13.6 Å². The number of ether oxygens (including phenoxy) is 3. The highest BCUT2D eigenvalue weighted by atomic mass is 16.5. The van der Waals surface area contributed by atoms with Crippen LogP contribution in [-0.4, -0.2) is 36.1 Å². The average molecular weight is 345 g/mol. The molecule has 2 aromatic rings. The highest BCUT2D eigenvalue weighted by Gasteiger charge is 2.14. The molecule has 3 rings (SSSR count). The summed E-state index contributed by atoms with van der Waals surface area (Å²) in [6, 6.07) is 5.61. The van der Waals surface area contributed by atoms with E-state index in [2.05, 4.69) is 15.4 Å². The van der Waals surface area contributed by atoms with Crippen molar-refractivity contribution in [2.24, 2.45) is 17.8 Å². The number of guanidine groups is 1. The minimum atomic E-state index is 0.305. The zero-order valence-electron chi connectivity index (χ0n) is 14.7. The average Bonchev–Trinajstić information content (AvgIpc) is 2.75. The van der Waals surface area contributed by atoms with E-state index < -0.39 is 0 Å². The number of aryl methyl sites for hydroxylation is 2. The van der Waals surface area contributed by atoms with E-state index in [-0.39, 0.29) is 0 Å². The largest absolute Gasteiger partial charge is 0.490 e. The van der Waals surface area contributed by atoms with Gasteiger partial charge < -0.3 is 25.3 Å². The summed E-state index contributed by atoms with van der Waals surface area (Å²) in [5, 5.41) is 7.40. The maximum absolute atomic E-state index is 6.01. The summed E-state index contributed by atoms with van der Waals surface area (Å²) >= 11 is 0. The Kier molecular flexibility index (Phi) is 4.97. The Labute approximate surface area is 146 Å². The molecule has 0 atom stereocenters. The predicted molar refractivity (Wildman–Crippen MR) is 95.5 cm³/mol. The molecule has 0 unspecified atom stereocenters. The van der Waals surface area contributed by atoms with Crippen LogP contribution in [0.25, 0.3) is 0 Å². The smallest absolute Gasteiger partial charge is 0.216 e. The summed E-state index contributed by atoms with van der Waals surface area (Å²) in [5.74, 6) is 2.44. The Morgan fingerprint density at radius 2 is 2.12 bits per heavy atom. The van der Waals surface area contributed by atoms with Gasteiger partial charge in [0.1, 0.15) is 0 Å². The van der Waals surface area contributed by atoms with Crippen molar-refractivity contribution < 1.29 is 14.2 Å². The van der Waals surface area contributed by atoms with Gasteiger partial charge in [0.25, 0.3) is 0 Å². The number of aliphatic imine (C=N–C) groups is 1. The Morgan fingerprint density at radius 1 is 1.36 bits per heavy atom. The molecule has 1 aliphatic heterocycles.